The highest BCUT2D eigenvalue weighted by atomic mass is 15.2. The fraction of sp³-hybridized carbons (Fsp3) is 0.0612. The van der Waals surface area contributed by atoms with E-state index < -0.39 is 0 Å². The highest BCUT2D eigenvalue weighted by Crippen LogP contribution is 2.49. The second-order valence-electron chi connectivity index (χ2n) is 27.0. The van der Waals surface area contributed by atoms with Crippen LogP contribution in [-0.4, -0.2) is 0 Å². The molecule has 16 rings (SSSR count). The molecule has 0 saturated carbocycles. The molecule has 16 aromatic rings. The Hall–Kier alpha value is -12.8. The lowest BCUT2D eigenvalue weighted by Gasteiger charge is -2.26. The average Bonchev–Trinajstić information content (AvgIpc) is 0.729. The highest BCUT2D eigenvalue weighted by molar-refractivity contribution is 6.22. The molecule has 16 aromatic carbocycles. The van der Waals surface area contributed by atoms with Gasteiger partial charge in [0.25, 0.3) is 0 Å². The van der Waals surface area contributed by atoms with Crippen molar-refractivity contribution in [3.63, 3.8) is 0 Å². The van der Waals surface area contributed by atoms with Crippen molar-refractivity contribution in [3.05, 3.63) is 393 Å². The number of anilines is 11. The van der Waals surface area contributed by atoms with Crippen molar-refractivity contribution in [2.24, 2.45) is 0 Å². The Balaban J connectivity index is 0.902. The van der Waals surface area contributed by atoms with Crippen molar-refractivity contribution in [2.45, 2.75) is 39.5 Å². The molecule has 0 bridgehead atoms. The van der Waals surface area contributed by atoms with Crippen molar-refractivity contribution in [1.29, 1.82) is 0 Å². The van der Waals surface area contributed by atoms with E-state index in [1.54, 1.807) is 0 Å². The summed E-state index contributed by atoms with van der Waals surface area (Å²) in [5, 5.41) is 8.46. The fourth-order valence-electron chi connectivity index (χ4n) is 14.6. The largest absolute Gasteiger partial charge is 0.356 e. The lowest BCUT2D eigenvalue weighted by atomic mass is 9.83. The van der Waals surface area contributed by atoms with E-state index >= 15 is 0 Å². The molecule has 0 aliphatic heterocycles. The van der Waals surface area contributed by atoms with Crippen molar-refractivity contribution >= 4 is 84.1 Å². The van der Waals surface area contributed by atoms with Crippen LogP contribution < -0.4 is 20.0 Å². The van der Waals surface area contributed by atoms with E-state index in [2.05, 4.69) is 430 Å². The van der Waals surface area contributed by atoms with Gasteiger partial charge in [-0.25, -0.2) is 0 Å². The maximum Gasteiger partial charge on any atom is 0.0467 e. The summed E-state index contributed by atoms with van der Waals surface area (Å²) < 4.78 is 0. The summed E-state index contributed by atoms with van der Waals surface area (Å²) in [6, 6.07) is 140. The van der Waals surface area contributed by atoms with Gasteiger partial charge in [0.2, 0.25) is 0 Å². The van der Waals surface area contributed by atoms with Gasteiger partial charge in [-0.3, -0.25) is 0 Å². The predicted molar refractivity (Wildman–Crippen MR) is 436 cm³/mol. The van der Waals surface area contributed by atoms with Crippen LogP contribution in [0.25, 0.3) is 88.3 Å². The minimum Gasteiger partial charge on any atom is -0.356 e. The number of rotatable bonds is 19. The van der Waals surface area contributed by atoms with Gasteiger partial charge in [-0.15, -0.1) is 0 Å². The summed E-state index contributed by atoms with van der Waals surface area (Å²) >= 11 is 0. The Morgan fingerprint density at radius 2 is 0.451 bits per heavy atom. The van der Waals surface area contributed by atoms with E-state index in [1.807, 2.05) is 0 Å². The van der Waals surface area contributed by atoms with Gasteiger partial charge in [-0.2, -0.15) is 0 Å². The van der Waals surface area contributed by atoms with Crippen molar-refractivity contribution in [1.82, 2.24) is 0 Å². The van der Waals surface area contributed by atoms with Gasteiger partial charge in [0.15, 0.2) is 0 Å². The molecule has 0 radical (unpaired) electrons. The van der Waals surface area contributed by atoms with Crippen LogP contribution in [0.1, 0.15) is 50.7 Å². The minimum absolute atomic E-state index is 0.411. The first-order valence-electron chi connectivity index (χ1n) is 35.5. The predicted octanol–water partition coefficient (Wildman–Crippen LogP) is 28.4. The number of nitrogens with zero attached hydrogens (tertiary/aromatic N) is 3. The van der Waals surface area contributed by atoms with Crippen LogP contribution >= 0.6 is 0 Å². The molecule has 0 amide bonds. The second-order valence-corrected chi connectivity index (χ2v) is 27.0. The summed E-state index contributed by atoms with van der Waals surface area (Å²) in [6.45, 7) is 9.00. The summed E-state index contributed by atoms with van der Waals surface area (Å²) in [5.41, 5.74) is 28.0. The highest BCUT2D eigenvalue weighted by Gasteiger charge is 2.23. The topological polar surface area (TPSA) is 21.8 Å². The van der Waals surface area contributed by atoms with Gasteiger partial charge in [-0.1, -0.05) is 240 Å². The molecule has 0 fully saturated rings. The van der Waals surface area contributed by atoms with E-state index in [0.29, 0.717) is 11.8 Å². The molecule has 1 N–H and O–H groups in total. The van der Waals surface area contributed by atoms with Gasteiger partial charge in [-0.05, 0) is 281 Å². The zero-order chi connectivity index (χ0) is 68.9. The molecule has 4 heteroatoms. The maximum atomic E-state index is 3.79. The zero-order valence-corrected chi connectivity index (χ0v) is 57.9. The van der Waals surface area contributed by atoms with Gasteiger partial charge >= 0.3 is 0 Å². The zero-order valence-electron chi connectivity index (χ0n) is 57.9. The number of benzene rings is 16. The molecule has 0 heterocycles. The van der Waals surface area contributed by atoms with Gasteiger partial charge in [0.05, 0.1) is 0 Å². The van der Waals surface area contributed by atoms with Crippen LogP contribution in [0, 0.1) is 0 Å². The van der Waals surface area contributed by atoms with Gasteiger partial charge in [0.1, 0.15) is 0 Å². The Kier molecular flexibility index (Phi) is 17.9. The Bertz CT molecular complexity index is 5480. The monoisotopic (exact) mass is 1310 g/mol. The lowest BCUT2D eigenvalue weighted by Crippen LogP contribution is -2.10. The van der Waals surface area contributed by atoms with E-state index in [1.165, 1.54) is 43.8 Å². The van der Waals surface area contributed by atoms with Crippen LogP contribution in [0.5, 0.6) is 0 Å². The van der Waals surface area contributed by atoms with Crippen LogP contribution in [-0.2, 0) is 0 Å². The molecule has 4 nitrogen and oxygen atoms in total. The number of fused-ring (bicyclic) bond motifs is 2. The smallest absolute Gasteiger partial charge is 0.0467 e. The van der Waals surface area contributed by atoms with E-state index in [9.17, 15) is 0 Å². The first kappa shape index (κ1) is 63.9. The molecule has 0 atom stereocenters. The summed E-state index contributed by atoms with van der Waals surface area (Å²) in [7, 11) is 0. The number of para-hydroxylation sites is 5. The van der Waals surface area contributed by atoms with E-state index in [4.69, 9.17) is 0 Å². The van der Waals surface area contributed by atoms with Crippen molar-refractivity contribution in [2.75, 3.05) is 20.0 Å². The molecule has 0 unspecified atom stereocenters. The molecular weight excluding hydrogens is 1230 g/mol. The Labute approximate surface area is 600 Å². The molecule has 0 saturated heterocycles. The second kappa shape index (κ2) is 28.6. The van der Waals surface area contributed by atoms with Crippen LogP contribution in [0.3, 0.4) is 0 Å². The standard InChI is InChI=1S/C98H78N4/c1-68(2)70-53-55-89(56-54-70)102(88-44-18-9-19-45-88)92-48-28-33-75(67-92)79-58-78(74-32-27-47-91(66-74)101(86-40-14-7-15-41-86)87-42-16-8-17-43-87)61-81(62-79)98-95-51-22-20-49-93(95)97(94-50-21-23-52-96(94)98)80-59-76(72-30-25-35-83(64-72)99-82-34-24-29-71(63-82)69(3)4)57-77(60-80)73-31-26-46-90(65-73)100(84-36-10-5-11-37-84)85-38-12-6-13-39-85/h5-69,99H,1-4H3. The van der Waals surface area contributed by atoms with Gasteiger partial charge in [0, 0.05) is 62.6 Å². The molecule has 0 aliphatic carbocycles. The van der Waals surface area contributed by atoms with Gasteiger partial charge < -0.3 is 20.0 Å². The van der Waals surface area contributed by atoms with Crippen LogP contribution in [0.4, 0.5) is 62.6 Å². The third kappa shape index (κ3) is 13.3. The third-order valence-electron chi connectivity index (χ3n) is 19.6. The van der Waals surface area contributed by atoms with Crippen molar-refractivity contribution < 1.29 is 0 Å². The first-order chi connectivity index (χ1) is 50.2. The normalized spacial score (nSPS) is 11.3. The van der Waals surface area contributed by atoms with Crippen LogP contribution in [0.15, 0.2) is 382 Å². The summed E-state index contributed by atoms with van der Waals surface area (Å²) in [4.78, 5) is 7.08. The van der Waals surface area contributed by atoms with Crippen LogP contribution in [0.2, 0.25) is 0 Å². The average molecular weight is 1310 g/mol. The molecule has 0 aromatic heterocycles. The molecule has 0 spiro atoms. The Morgan fingerprint density at radius 3 is 0.784 bits per heavy atom. The molecule has 490 valence electrons. The number of hydrogen-bond acceptors (Lipinski definition) is 4. The molecular formula is C98H78N4. The first-order valence-corrected chi connectivity index (χ1v) is 35.5. The minimum atomic E-state index is 0.411. The summed E-state index contributed by atoms with van der Waals surface area (Å²) in [5.74, 6) is 0.829. The fourth-order valence-corrected chi connectivity index (χ4v) is 14.6. The summed E-state index contributed by atoms with van der Waals surface area (Å²) in [6.07, 6.45) is 0. The quantitative estimate of drug-likeness (QED) is 0.0815. The Morgan fingerprint density at radius 1 is 0.186 bits per heavy atom. The van der Waals surface area contributed by atoms with E-state index in [-0.39, 0.29) is 0 Å². The number of nitrogens with one attached hydrogen (secondary N) is 1. The van der Waals surface area contributed by atoms with E-state index in [0.717, 1.165) is 118 Å². The third-order valence-corrected chi connectivity index (χ3v) is 19.6. The van der Waals surface area contributed by atoms with Crippen molar-refractivity contribution in [3.8, 4) is 66.8 Å². The SMILES string of the molecule is CC(C)c1ccc(N(c2ccccc2)c2cccc(-c3cc(-c4cccc(N(c5ccccc5)c5ccccc5)c4)cc(-c4c5ccccc5c(-c5cc(-c6cccc(Nc7cccc(C(C)C)c7)c6)cc(-c6cccc(N(c7ccccc7)c7ccccc7)c6)c5)c5ccccc45)c3)c2)cc1. The maximum absolute atomic E-state index is 3.79. The molecule has 0 aliphatic rings. The lowest BCUT2D eigenvalue weighted by molar-refractivity contribution is 0.866. The number of hydrogen-bond donors (Lipinski definition) is 1. The molecule has 102 heavy (non-hydrogen) atoms.